The molecular formula is C17H16O3S. The van der Waals surface area contributed by atoms with Crippen molar-refractivity contribution in [2.45, 2.75) is 23.5 Å². The molecule has 1 atom stereocenters. The van der Waals surface area contributed by atoms with Crippen molar-refractivity contribution in [3.63, 3.8) is 0 Å². The number of rotatable bonds is 4. The van der Waals surface area contributed by atoms with Crippen LogP contribution in [0.3, 0.4) is 0 Å². The molecular weight excluding hydrogens is 284 g/mol. The van der Waals surface area contributed by atoms with Crippen LogP contribution < -0.4 is 4.74 Å². The van der Waals surface area contributed by atoms with Crippen LogP contribution in [0.25, 0.3) is 0 Å². The van der Waals surface area contributed by atoms with E-state index < -0.39 is 5.97 Å². The maximum Gasteiger partial charge on any atom is 0.339 e. The monoisotopic (exact) mass is 300 g/mol. The van der Waals surface area contributed by atoms with Crippen molar-refractivity contribution in [3.05, 3.63) is 59.2 Å². The third-order valence-electron chi connectivity index (χ3n) is 3.51. The van der Waals surface area contributed by atoms with E-state index in [2.05, 4.69) is 12.1 Å². The highest BCUT2D eigenvalue weighted by atomic mass is 32.2. The smallest absolute Gasteiger partial charge is 0.339 e. The quantitative estimate of drug-likeness (QED) is 0.933. The van der Waals surface area contributed by atoms with E-state index in [1.165, 1.54) is 10.5 Å². The number of carbonyl (C=O) groups is 1. The van der Waals surface area contributed by atoms with Crippen molar-refractivity contribution in [1.29, 1.82) is 0 Å². The minimum absolute atomic E-state index is 0.223. The van der Waals surface area contributed by atoms with Crippen LogP contribution >= 0.6 is 11.8 Å². The first-order valence-corrected chi connectivity index (χ1v) is 7.73. The average molecular weight is 300 g/mol. The molecule has 0 saturated heterocycles. The van der Waals surface area contributed by atoms with E-state index in [-0.39, 0.29) is 5.56 Å². The van der Waals surface area contributed by atoms with Crippen LogP contribution in [0, 0.1) is 6.92 Å². The lowest BCUT2D eigenvalue weighted by molar-refractivity contribution is 0.0692. The summed E-state index contributed by atoms with van der Waals surface area (Å²) in [4.78, 5) is 12.5. The molecule has 1 aliphatic rings. The van der Waals surface area contributed by atoms with E-state index in [0.717, 1.165) is 12.0 Å². The fourth-order valence-corrected chi connectivity index (χ4v) is 3.67. The molecule has 3 nitrogen and oxygen atoms in total. The molecule has 0 aliphatic carbocycles. The highest BCUT2D eigenvalue weighted by Gasteiger charge is 2.23. The highest BCUT2D eigenvalue weighted by molar-refractivity contribution is 8.00. The zero-order valence-electron chi connectivity index (χ0n) is 11.7. The number of aryl methyl sites for hydroxylation is 1. The number of ether oxygens (including phenoxy) is 1. The summed E-state index contributed by atoms with van der Waals surface area (Å²) in [6.07, 6.45) is 0.967. The second-order valence-corrected chi connectivity index (χ2v) is 6.51. The van der Waals surface area contributed by atoms with Gasteiger partial charge in [0.25, 0.3) is 0 Å². The zero-order valence-corrected chi connectivity index (χ0v) is 12.5. The van der Waals surface area contributed by atoms with E-state index in [1.54, 1.807) is 30.0 Å². The van der Waals surface area contributed by atoms with Gasteiger partial charge in [-0.3, -0.25) is 0 Å². The standard InChI is InChI=1S/C17H16O3S/c1-11-6-7-14(17(18)19)15(8-11)20-10-13-9-12-4-2-3-5-16(12)21-13/h2-8,13H,9-10H2,1H3,(H,18,19). The molecule has 0 saturated carbocycles. The Balaban J connectivity index is 1.69. The molecule has 0 aromatic heterocycles. The number of hydrogen-bond acceptors (Lipinski definition) is 3. The first-order chi connectivity index (χ1) is 10.1. The Morgan fingerprint density at radius 1 is 1.33 bits per heavy atom. The first kappa shape index (κ1) is 14.0. The van der Waals surface area contributed by atoms with Crippen LogP contribution in [0.15, 0.2) is 47.4 Å². The molecule has 0 spiro atoms. The van der Waals surface area contributed by atoms with Crippen LogP contribution in [-0.2, 0) is 6.42 Å². The molecule has 4 heteroatoms. The fourth-order valence-electron chi connectivity index (χ4n) is 2.46. The Bertz CT molecular complexity index is 656. The number of hydrogen-bond donors (Lipinski definition) is 1. The number of fused-ring (bicyclic) bond motifs is 1. The van der Waals surface area contributed by atoms with Gasteiger partial charge in [0.2, 0.25) is 0 Å². The van der Waals surface area contributed by atoms with E-state index in [0.29, 0.717) is 17.6 Å². The number of carboxylic acids is 1. The third kappa shape index (κ3) is 3.05. The van der Waals surface area contributed by atoms with Crippen LogP contribution in [0.4, 0.5) is 0 Å². The van der Waals surface area contributed by atoms with Crippen LogP contribution in [0.5, 0.6) is 5.75 Å². The molecule has 1 N–H and O–H groups in total. The Morgan fingerprint density at radius 2 is 2.14 bits per heavy atom. The lowest BCUT2D eigenvalue weighted by Crippen LogP contribution is -2.15. The van der Waals surface area contributed by atoms with Gasteiger partial charge in [-0.05, 0) is 42.7 Å². The van der Waals surface area contributed by atoms with E-state index in [9.17, 15) is 9.90 Å². The van der Waals surface area contributed by atoms with Gasteiger partial charge in [-0.2, -0.15) is 0 Å². The van der Waals surface area contributed by atoms with Crippen LogP contribution in [0.2, 0.25) is 0 Å². The molecule has 21 heavy (non-hydrogen) atoms. The summed E-state index contributed by atoms with van der Waals surface area (Å²) in [6.45, 7) is 2.45. The van der Waals surface area contributed by atoms with E-state index >= 15 is 0 Å². The largest absolute Gasteiger partial charge is 0.491 e. The molecule has 0 bridgehead atoms. The molecule has 1 unspecified atom stereocenters. The van der Waals surface area contributed by atoms with Gasteiger partial charge < -0.3 is 9.84 Å². The van der Waals surface area contributed by atoms with Gasteiger partial charge >= 0.3 is 5.97 Å². The Morgan fingerprint density at radius 3 is 2.90 bits per heavy atom. The Kier molecular flexibility index (Phi) is 3.88. The predicted octanol–water partition coefficient (Wildman–Crippen LogP) is 3.79. The minimum Gasteiger partial charge on any atom is -0.491 e. The average Bonchev–Trinajstić information content (AvgIpc) is 2.87. The first-order valence-electron chi connectivity index (χ1n) is 6.85. The molecule has 3 rings (SSSR count). The van der Waals surface area contributed by atoms with Crippen molar-refractivity contribution in [2.24, 2.45) is 0 Å². The van der Waals surface area contributed by atoms with E-state index in [4.69, 9.17) is 4.74 Å². The summed E-state index contributed by atoms with van der Waals surface area (Å²) in [7, 11) is 0. The normalized spacial score (nSPS) is 16.5. The van der Waals surface area contributed by atoms with Crippen molar-refractivity contribution in [2.75, 3.05) is 6.61 Å². The molecule has 0 amide bonds. The van der Waals surface area contributed by atoms with Gasteiger partial charge in [0.1, 0.15) is 17.9 Å². The summed E-state index contributed by atoms with van der Waals surface area (Å²) < 4.78 is 5.79. The van der Waals surface area contributed by atoms with Gasteiger partial charge in [0.15, 0.2) is 0 Å². The van der Waals surface area contributed by atoms with Gasteiger partial charge in [-0.1, -0.05) is 24.3 Å². The second-order valence-electron chi connectivity index (χ2n) is 5.17. The summed E-state index contributed by atoms with van der Waals surface area (Å²) in [5, 5.41) is 9.54. The molecule has 2 aromatic rings. The number of aromatic carboxylic acids is 1. The van der Waals surface area contributed by atoms with Crippen LogP contribution in [-0.4, -0.2) is 22.9 Å². The summed E-state index contributed by atoms with van der Waals surface area (Å²) in [5.74, 6) is -0.494. The molecule has 0 fully saturated rings. The molecule has 108 valence electrons. The zero-order chi connectivity index (χ0) is 14.8. The number of carboxylic acid groups (broad SMARTS) is 1. The third-order valence-corrected chi connectivity index (χ3v) is 4.79. The summed E-state index contributed by atoms with van der Waals surface area (Å²) in [5.41, 5.74) is 2.57. The maximum atomic E-state index is 11.2. The maximum absolute atomic E-state index is 11.2. The van der Waals surface area contributed by atoms with Crippen molar-refractivity contribution in [3.8, 4) is 5.75 Å². The Labute approximate surface area is 127 Å². The topological polar surface area (TPSA) is 46.5 Å². The lowest BCUT2D eigenvalue weighted by Gasteiger charge is -2.13. The van der Waals surface area contributed by atoms with Gasteiger partial charge in [-0.15, -0.1) is 11.8 Å². The molecule has 2 aromatic carbocycles. The number of thioether (sulfide) groups is 1. The molecule has 1 aliphatic heterocycles. The SMILES string of the molecule is Cc1ccc(C(=O)O)c(OCC2Cc3ccccc3S2)c1. The van der Waals surface area contributed by atoms with Crippen LogP contribution in [0.1, 0.15) is 21.5 Å². The molecule has 1 heterocycles. The van der Waals surface area contributed by atoms with Gasteiger partial charge in [-0.25, -0.2) is 4.79 Å². The van der Waals surface area contributed by atoms with Gasteiger partial charge in [0.05, 0.1) is 0 Å². The number of benzene rings is 2. The minimum atomic E-state index is -0.952. The Hall–Kier alpha value is -1.94. The van der Waals surface area contributed by atoms with E-state index in [1.807, 2.05) is 19.1 Å². The second kappa shape index (κ2) is 5.82. The summed E-state index contributed by atoms with van der Waals surface area (Å²) >= 11 is 1.80. The van der Waals surface area contributed by atoms with Crippen molar-refractivity contribution >= 4 is 17.7 Å². The van der Waals surface area contributed by atoms with Gasteiger partial charge in [0, 0.05) is 10.1 Å². The highest BCUT2D eigenvalue weighted by Crippen LogP contribution is 2.37. The van der Waals surface area contributed by atoms with Crippen molar-refractivity contribution in [1.82, 2.24) is 0 Å². The molecule has 0 radical (unpaired) electrons. The lowest BCUT2D eigenvalue weighted by atomic mass is 10.1. The van der Waals surface area contributed by atoms with Crippen molar-refractivity contribution < 1.29 is 14.6 Å². The fraction of sp³-hybridized carbons (Fsp3) is 0.235. The predicted molar refractivity (Wildman–Crippen MR) is 83.4 cm³/mol. The summed E-state index contributed by atoms with van der Waals surface area (Å²) in [6, 6.07) is 13.5.